The Balaban J connectivity index is 2.10. The lowest BCUT2D eigenvalue weighted by molar-refractivity contribution is 0.259. The van der Waals surface area contributed by atoms with Gasteiger partial charge in [0.1, 0.15) is 12.4 Å². The second-order valence-corrected chi connectivity index (χ2v) is 4.50. The summed E-state index contributed by atoms with van der Waals surface area (Å²) in [5.41, 5.74) is 1.89. The molecule has 0 aliphatic carbocycles. The fourth-order valence-corrected chi connectivity index (χ4v) is 1.95. The van der Waals surface area contributed by atoms with Gasteiger partial charge in [-0.3, -0.25) is 0 Å². The maximum Gasteiger partial charge on any atom is 0.125 e. The van der Waals surface area contributed by atoms with E-state index in [0.29, 0.717) is 6.61 Å². The Morgan fingerprint density at radius 3 is 2.29 bits per heavy atom. The summed E-state index contributed by atoms with van der Waals surface area (Å²) in [6.45, 7) is 0.477. The molecule has 0 fully saturated rings. The number of para-hydroxylation sites is 1. The van der Waals surface area contributed by atoms with Crippen molar-refractivity contribution in [1.82, 2.24) is 0 Å². The number of benzene rings is 2. The van der Waals surface area contributed by atoms with E-state index >= 15 is 0 Å². The molecule has 2 aromatic carbocycles. The standard InChI is InChI=1S/C14H13BrO2/c15-13-7-3-1-6-12(13)10-17-14-8-4-2-5-11(14)9-16/h1-8,16H,9-10H2. The summed E-state index contributed by atoms with van der Waals surface area (Å²) >= 11 is 3.48. The first-order chi connectivity index (χ1) is 8.31. The van der Waals surface area contributed by atoms with E-state index in [4.69, 9.17) is 4.74 Å². The lowest BCUT2D eigenvalue weighted by Gasteiger charge is -2.10. The zero-order valence-corrected chi connectivity index (χ0v) is 10.9. The van der Waals surface area contributed by atoms with Gasteiger partial charge in [0.05, 0.1) is 6.61 Å². The SMILES string of the molecule is OCc1ccccc1OCc1ccccc1Br. The van der Waals surface area contributed by atoms with Crippen LogP contribution in [0, 0.1) is 0 Å². The zero-order valence-electron chi connectivity index (χ0n) is 9.27. The van der Waals surface area contributed by atoms with E-state index in [1.54, 1.807) is 0 Å². The third-order valence-electron chi connectivity index (χ3n) is 2.48. The molecule has 2 rings (SSSR count). The van der Waals surface area contributed by atoms with Crippen LogP contribution < -0.4 is 4.74 Å². The van der Waals surface area contributed by atoms with Crippen LogP contribution in [0.1, 0.15) is 11.1 Å². The molecule has 0 atom stereocenters. The van der Waals surface area contributed by atoms with E-state index in [9.17, 15) is 5.11 Å². The van der Waals surface area contributed by atoms with Crippen LogP contribution in [0.15, 0.2) is 53.0 Å². The van der Waals surface area contributed by atoms with Gasteiger partial charge in [0, 0.05) is 15.6 Å². The van der Waals surface area contributed by atoms with E-state index in [1.165, 1.54) is 0 Å². The Morgan fingerprint density at radius 1 is 0.941 bits per heavy atom. The molecule has 2 nitrogen and oxygen atoms in total. The molecule has 17 heavy (non-hydrogen) atoms. The minimum atomic E-state index is -0.00780. The zero-order chi connectivity index (χ0) is 12.1. The van der Waals surface area contributed by atoms with Crippen molar-refractivity contribution in [2.24, 2.45) is 0 Å². The van der Waals surface area contributed by atoms with Gasteiger partial charge < -0.3 is 9.84 Å². The summed E-state index contributed by atoms with van der Waals surface area (Å²) < 4.78 is 6.73. The molecule has 2 aromatic rings. The van der Waals surface area contributed by atoms with Crippen LogP contribution in [0.5, 0.6) is 5.75 Å². The normalized spacial score (nSPS) is 10.2. The van der Waals surface area contributed by atoms with Gasteiger partial charge in [-0.25, -0.2) is 0 Å². The maximum atomic E-state index is 9.18. The van der Waals surface area contributed by atoms with Gasteiger partial charge in [-0.15, -0.1) is 0 Å². The van der Waals surface area contributed by atoms with Crippen LogP contribution in [0.4, 0.5) is 0 Å². The minimum Gasteiger partial charge on any atom is -0.488 e. The Morgan fingerprint density at radius 2 is 1.59 bits per heavy atom. The monoisotopic (exact) mass is 292 g/mol. The number of aliphatic hydroxyl groups is 1. The van der Waals surface area contributed by atoms with Crippen molar-refractivity contribution < 1.29 is 9.84 Å². The number of aliphatic hydroxyl groups excluding tert-OH is 1. The molecular weight excluding hydrogens is 280 g/mol. The van der Waals surface area contributed by atoms with Crippen LogP contribution in [-0.2, 0) is 13.2 Å². The molecule has 88 valence electrons. The number of halogens is 1. The Labute approximate surface area is 109 Å². The van der Waals surface area contributed by atoms with E-state index < -0.39 is 0 Å². The molecular formula is C14H13BrO2. The van der Waals surface area contributed by atoms with Crippen molar-refractivity contribution in [3.05, 3.63) is 64.1 Å². The van der Waals surface area contributed by atoms with Crippen molar-refractivity contribution in [2.45, 2.75) is 13.2 Å². The van der Waals surface area contributed by atoms with Gasteiger partial charge in [-0.1, -0.05) is 52.3 Å². The third-order valence-corrected chi connectivity index (χ3v) is 3.26. The fourth-order valence-electron chi connectivity index (χ4n) is 1.55. The van der Waals surface area contributed by atoms with E-state index in [0.717, 1.165) is 21.3 Å². The van der Waals surface area contributed by atoms with Gasteiger partial charge >= 0.3 is 0 Å². The fraction of sp³-hybridized carbons (Fsp3) is 0.143. The summed E-state index contributed by atoms with van der Waals surface area (Å²) in [5, 5.41) is 9.18. The van der Waals surface area contributed by atoms with Crippen molar-refractivity contribution in [3.63, 3.8) is 0 Å². The summed E-state index contributed by atoms with van der Waals surface area (Å²) in [6.07, 6.45) is 0. The molecule has 0 aliphatic heterocycles. The predicted octanol–water partition coefficient (Wildman–Crippen LogP) is 3.52. The molecule has 3 heteroatoms. The minimum absolute atomic E-state index is 0.00780. The highest BCUT2D eigenvalue weighted by molar-refractivity contribution is 9.10. The van der Waals surface area contributed by atoms with Gasteiger partial charge in [0.2, 0.25) is 0 Å². The topological polar surface area (TPSA) is 29.5 Å². The molecule has 0 aliphatic rings. The number of hydrogen-bond donors (Lipinski definition) is 1. The van der Waals surface area contributed by atoms with Crippen molar-refractivity contribution in [3.8, 4) is 5.75 Å². The van der Waals surface area contributed by atoms with Gasteiger partial charge in [-0.2, -0.15) is 0 Å². The van der Waals surface area contributed by atoms with Crippen LogP contribution in [0.3, 0.4) is 0 Å². The molecule has 0 aromatic heterocycles. The number of ether oxygens (including phenoxy) is 1. The summed E-state index contributed by atoms with van der Waals surface area (Å²) in [4.78, 5) is 0. The van der Waals surface area contributed by atoms with E-state index in [-0.39, 0.29) is 6.61 Å². The molecule has 0 bridgehead atoms. The molecule has 0 spiro atoms. The first-order valence-electron chi connectivity index (χ1n) is 5.36. The second-order valence-electron chi connectivity index (χ2n) is 3.65. The summed E-state index contributed by atoms with van der Waals surface area (Å²) in [6, 6.07) is 15.4. The van der Waals surface area contributed by atoms with Crippen molar-refractivity contribution in [1.29, 1.82) is 0 Å². The molecule has 0 heterocycles. The van der Waals surface area contributed by atoms with Crippen LogP contribution in [-0.4, -0.2) is 5.11 Å². The van der Waals surface area contributed by atoms with Crippen LogP contribution in [0.25, 0.3) is 0 Å². The highest BCUT2D eigenvalue weighted by atomic mass is 79.9. The number of rotatable bonds is 4. The van der Waals surface area contributed by atoms with Gasteiger partial charge in [0.15, 0.2) is 0 Å². The first kappa shape index (κ1) is 12.1. The second kappa shape index (κ2) is 5.84. The first-order valence-corrected chi connectivity index (χ1v) is 6.15. The lowest BCUT2D eigenvalue weighted by atomic mass is 10.2. The molecule has 0 amide bonds. The molecule has 0 radical (unpaired) electrons. The highest BCUT2D eigenvalue weighted by Crippen LogP contribution is 2.21. The average Bonchev–Trinajstić information content (AvgIpc) is 2.38. The summed E-state index contributed by atoms with van der Waals surface area (Å²) in [5.74, 6) is 0.728. The van der Waals surface area contributed by atoms with Gasteiger partial charge in [-0.05, 0) is 12.1 Å². The largest absolute Gasteiger partial charge is 0.488 e. The maximum absolute atomic E-state index is 9.18. The molecule has 1 N–H and O–H groups in total. The lowest BCUT2D eigenvalue weighted by Crippen LogP contribution is -1.99. The Kier molecular flexibility index (Phi) is 4.18. The van der Waals surface area contributed by atoms with Crippen LogP contribution in [0.2, 0.25) is 0 Å². The van der Waals surface area contributed by atoms with Crippen molar-refractivity contribution >= 4 is 15.9 Å². The molecule has 0 saturated carbocycles. The Hall–Kier alpha value is -1.32. The highest BCUT2D eigenvalue weighted by Gasteiger charge is 2.03. The molecule has 0 unspecified atom stereocenters. The predicted molar refractivity (Wildman–Crippen MR) is 70.8 cm³/mol. The average molecular weight is 293 g/mol. The quantitative estimate of drug-likeness (QED) is 0.934. The van der Waals surface area contributed by atoms with Crippen LogP contribution >= 0.6 is 15.9 Å². The Bertz CT molecular complexity index is 497. The van der Waals surface area contributed by atoms with Crippen molar-refractivity contribution in [2.75, 3.05) is 0 Å². The smallest absolute Gasteiger partial charge is 0.125 e. The third kappa shape index (κ3) is 3.08. The van der Waals surface area contributed by atoms with E-state index in [1.807, 2.05) is 48.5 Å². The summed E-state index contributed by atoms with van der Waals surface area (Å²) in [7, 11) is 0. The van der Waals surface area contributed by atoms with Gasteiger partial charge in [0.25, 0.3) is 0 Å². The molecule has 0 saturated heterocycles. The number of hydrogen-bond acceptors (Lipinski definition) is 2. The van der Waals surface area contributed by atoms with E-state index in [2.05, 4.69) is 15.9 Å².